The number of halogens is 1. The van der Waals surface area contributed by atoms with Crippen molar-refractivity contribution in [2.24, 2.45) is 0 Å². The predicted molar refractivity (Wildman–Crippen MR) is 71.7 cm³/mol. The Morgan fingerprint density at radius 2 is 2.11 bits per heavy atom. The third-order valence-corrected chi connectivity index (χ3v) is 3.16. The number of rotatable bonds is 6. The summed E-state index contributed by atoms with van der Waals surface area (Å²) in [6, 6.07) is 3.38. The third-order valence-electron chi connectivity index (χ3n) is 2.93. The van der Waals surface area contributed by atoms with E-state index in [0.29, 0.717) is 17.3 Å². The van der Waals surface area contributed by atoms with Gasteiger partial charge in [-0.25, -0.2) is 4.98 Å². The topological polar surface area (TPSA) is 53.4 Å². The summed E-state index contributed by atoms with van der Waals surface area (Å²) in [7, 11) is 0. The van der Waals surface area contributed by atoms with Crippen LogP contribution >= 0.6 is 11.6 Å². The van der Waals surface area contributed by atoms with Crippen LogP contribution < -0.4 is 0 Å². The fraction of sp³-hybridized carbons (Fsp3) is 0.538. The molecule has 0 aliphatic carbocycles. The summed E-state index contributed by atoms with van der Waals surface area (Å²) in [5.41, 5.74) is 0.361. The van der Waals surface area contributed by atoms with Crippen LogP contribution in [0.5, 0.6) is 0 Å². The lowest BCUT2D eigenvalue weighted by Gasteiger charge is -2.29. The highest BCUT2D eigenvalue weighted by atomic mass is 35.5. The number of carbonyl (C=O) groups excluding carboxylic acids is 1. The highest BCUT2D eigenvalue weighted by Crippen LogP contribution is 2.13. The van der Waals surface area contributed by atoms with Crippen LogP contribution in [0.1, 0.15) is 37.2 Å². The molecule has 1 amide bonds. The molecule has 0 radical (unpaired) electrons. The van der Waals surface area contributed by atoms with Crippen LogP contribution in [0.4, 0.5) is 0 Å². The maximum atomic E-state index is 12.3. The summed E-state index contributed by atoms with van der Waals surface area (Å²) in [6.45, 7) is 4.34. The van der Waals surface area contributed by atoms with Crippen molar-refractivity contribution < 1.29 is 9.90 Å². The Balaban J connectivity index is 2.91. The zero-order valence-electron chi connectivity index (χ0n) is 10.8. The average molecular weight is 271 g/mol. The molecule has 0 aliphatic heterocycles. The zero-order valence-corrected chi connectivity index (χ0v) is 11.5. The Kier molecular flexibility index (Phi) is 6.09. The number of pyridine rings is 1. The summed E-state index contributed by atoms with van der Waals surface area (Å²) in [4.78, 5) is 18.0. The second-order valence-electron chi connectivity index (χ2n) is 4.05. The van der Waals surface area contributed by atoms with E-state index in [1.54, 1.807) is 17.0 Å². The van der Waals surface area contributed by atoms with Crippen molar-refractivity contribution in [3.05, 3.63) is 29.0 Å². The van der Waals surface area contributed by atoms with E-state index < -0.39 is 0 Å². The highest BCUT2D eigenvalue weighted by molar-refractivity contribution is 6.30. The van der Waals surface area contributed by atoms with E-state index in [0.717, 1.165) is 12.8 Å². The third kappa shape index (κ3) is 3.68. The first-order valence-electron chi connectivity index (χ1n) is 6.17. The maximum absolute atomic E-state index is 12.3. The van der Waals surface area contributed by atoms with Gasteiger partial charge in [-0.1, -0.05) is 25.4 Å². The lowest BCUT2D eigenvalue weighted by Crippen LogP contribution is -2.41. The number of aliphatic hydroxyl groups is 1. The fourth-order valence-corrected chi connectivity index (χ4v) is 2.05. The maximum Gasteiger partial charge on any atom is 0.272 e. The SMILES string of the molecule is CCC(CC)N(CCO)C(=O)c1ccc(Cl)cn1. The van der Waals surface area contributed by atoms with Gasteiger partial charge < -0.3 is 10.0 Å². The Hall–Kier alpha value is -1.13. The minimum atomic E-state index is -0.158. The summed E-state index contributed by atoms with van der Waals surface area (Å²) in [6.07, 6.45) is 3.17. The van der Waals surface area contributed by atoms with E-state index in [4.69, 9.17) is 16.7 Å². The monoisotopic (exact) mass is 270 g/mol. The zero-order chi connectivity index (χ0) is 13.5. The molecule has 1 N–H and O–H groups in total. The van der Waals surface area contributed by atoms with E-state index >= 15 is 0 Å². The molecule has 5 heteroatoms. The molecular formula is C13H19ClN2O2. The van der Waals surface area contributed by atoms with Crippen LogP contribution in [0.15, 0.2) is 18.3 Å². The number of aromatic nitrogens is 1. The van der Waals surface area contributed by atoms with Crippen molar-refractivity contribution >= 4 is 17.5 Å². The van der Waals surface area contributed by atoms with E-state index in [1.807, 2.05) is 13.8 Å². The van der Waals surface area contributed by atoms with Gasteiger partial charge in [0, 0.05) is 18.8 Å². The molecular weight excluding hydrogens is 252 g/mol. The molecule has 0 aliphatic rings. The first-order valence-corrected chi connectivity index (χ1v) is 6.55. The molecule has 1 heterocycles. The average Bonchev–Trinajstić information content (AvgIpc) is 2.39. The van der Waals surface area contributed by atoms with E-state index in [-0.39, 0.29) is 18.6 Å². The second kappa shape index (κ2) is 7.34. The van der Waals surface area contributed by atoms with Crippen molar-refractivity contribution in [1.82, 2.24) is 9.88 Å². The van der Waals surface area contributed by atoms with Gasteiger partial charge in [0.15, 0.2) is 0 Å². The number of nitrogens with zero attached hydrogens (tertiary/aromatic N) is 2. The Labute approximate surface area is 113 Å². The lowest BCUT2D eigenvalue weighted by molar-refractivity contribution is 0.0616. The molecule has 1 aromatic heterocycles. The lowest BCUT2D eigenvalue weighted by atomic mass is 10.1. The Bertz CT molecular complexity index is 377. The summed E-state index contributed by atoms with van der Waals surface area (Å²) < 4.78 is 0. The largest absolute Gasteiger partial charge is 0.395 e. The molecule has 0 atom stereocenters. The van der Waals surface area contributed by atoms with Crippen molar-refractivity contribution in [3.8, 4) is 0 Å². The van der Waals surface area contributed by atoms with Crippen LogP contribution in [0.2, 0.25) is 5.02 Å². The van der Waals surface area contributed by atoms with Crippen LogP contribution in [0.3, 0.4) is 0 Å². The van der Waals surface area contributed by atoms with Gasteiger partial charge in [-0.2, -0.15) is 0 Å². The molecule has 1 rings (SSSR count). The quantitative estimate of drug-likeness (QED) is 0.863. The second-order valence-corrected chi connectivity index (χ2v) is 4.49. The molecule has 1 aromatic rings. The van der Waals surface area contributed by atoms with Crippen LogP contribution in [-0.2, 0) is 0 Å². The van der Waals surface area contributed by atoms with Gasteiger partial charge in [-0.05, 0) is 25.0 Å². The van der Waals surface area contributed by atoms with Gasteiger partial charge in [0.1, 0.15) is 5.69 Å². The standard InChI is InChI=1S/C13H19ClN2O2/c1-3-11(4-2)16(7-8-17)13(18)12-6-5-10(14)9-15-12/h5-6,9,11,17H,3-4,7-8H2,1-2H3. The summed E-state index contributed by atoms with van der Waals surface area (Å²) >= 11 is 5.75. The molecule has 0 unspecified atom stereocenters. The normalized spacial score (nSPS) is 10.7. The van der Waals surface area contributed by atoms with E-state index in [1.165, 1.54) is 6.20 Å². The minimum Gasteiger partial charge on any atom is -0.395 e. The van der Waals surface area contributed by atoms with E-state index in [2.05, 4.69) is 4.98 Å². The molecule has 0 spiro atoms. The van der Waals surface area contributed by atoms with Gasteiger partial charge in [-0.15, -0.1) is 0 Å². The van der Waals surface area contributed by atoms with Gasteiger partial charge in [0.05, 0.1) is 11.6 Å². The highest BCUT2D eigenvalue weighted by Gasteiger charge is 2.22. The molecule has 0 saturated carbocycles. The molecule has 0 aromatic carbocycles. The van der Waals surface area contributed by atoms with Crippen LogP contribution in [0, 0.1) is 0 Å². The fourth-order valence-electron chi connectivity index (χ4n) is 1.94. The molecule has 0 fully saturated rings. The summed E-state index contributed by atoms with van der Waals surface area (Å²) in [5, 5.41) is 9.58. The van der Waals surface area contributed by atoms with Crippen molar-refractivity contribution in [1.29, 1.82) is 0 Å². The Morgan fingerprint density at radius 3 is 2.56 bits per heavy atom. The summed E-state index contributed by atoms with van der Waals surface area (Å²) in [5.74, 6) is -0.158. The number of aliphatic hydroxyl groups excluding tert-OH is 1. The molecule has 4 nitrogen and oxygen atoms in total. The number of hydrogen-bond acceptors (Lipinski definition) is 3. The minimum absolute atomic E-state index is 0.0458. The van der Waals surface area contributed by atoms with Crippen molar-refractivity contribution in [3.63, 3.8) is 0 Å². The van der Waals surface area contributed by atoms with Gasteiger partial charge in [0.2, 0.25) is 0 Å². The smallest absolute Gasteiger partial charge is 0.272 e. The van der Waals surface area contributed by atoms with Gasteiger partial charge in [0.25, 0.3) is 5.91 Å². The van der Waals surface area contributed by atoms with Crippen molar-refractivity contribution in [2.75, 3.05) is 13.2 Å². The van der Waals surface area contributed by atoms with Crippen LogP contribution in [-0.4, -0.2) is 40.1 Å². The molecule has 0 bridgehead atoms. The first kappa shape index (κ1) is 14.9. The number of amides is 1. The van der Waals surface area contributed by atoms with Crippen LogP contribution in [0.25, 0.3) is 0 Å². The first-order chi connectivity index (χ1) is 8.63. The van der Waals surface area contributed by atoms with Gasteiger partial charge >= 0.3 is 0 Å². The number of carbonyl (C=O) groups is 1. The Morgan fingerprint density at radius 1 is 1.44 bits per heavy atom. The molecule has 18 heavy (non-hydrogen) atoms. The van der Waals surface area contributed by atoms with E-state index in [9.17, 15) is 4.79 Å². The number of hydrogen-bond donors (Lipinski definition) is 1. The van der Waals surface area contributed by atoms with Crippen molar-refractivity contribution in [2.45, 2.75) is 32.7 Å². The molecule has 100 valence electrons. The predicted octanol–water partition coefficient (Wildman–Crippen LogP) is 2.36. The molecule has 0 saturated heterocycles. The van der Waals surface area contributed by atoms with Gasteiger partial charge in [-0.3, -0.25) is 4.79 Å².